The van der Waals surface area contributed by atoms with Crippen molar-refractivity contribution < 1.29 is 9.53 Å². The van der Waals surface area contributed by atoms with Crippen LogP contribution in [0.4, 0.5) is 0 Å². The molecule has 3 heteroatoms. The predicted octanol–water partition coefficient (Wildman–Crippen LogP) is 2.26. The standard InChI is InChI=1S/C15H21NO2/c17-15(13-14-7-3-1-4-8-14)18-12-11-16-9-5-2-6-10-16/h1,3-4,7-8H,2,5-6,9-13H2. The number of rotatable bonds is 5. The average molecular weight is 247 g/mol. The van der Waals surface area contributed by atoms with E-state index in [1.54, 1.807) is 0 Å². The summed E-state index contributed by atoms with van der Waals surface area (Å²) in [5.74, 6) is -0.127. The van der Waals surface area contributed by atoms with E-state index >= 15 is 0 Å². The van der Waals surface area contributed by atoms with E-state index in [-0.39, 0.29) is 5.97 Å². The molecular formula is C15H21NO2. The Morgan fingerprint density at radius 2 is 1.83 bits per heavy atom. The first-order valence-electron chi connectivity index (χ1n) is 6.76. The second kappa shape index (κ2) is 7.17. The Morgan fingerprint density at radius 1 is 1.11 bits per heavy atom. The average Bonchev–Trinajstić information content (AvgIpc) is 2.41. The van der Waals surface area contributed by atoms with Gasteiger partial charge >= 0.3 is 5.97 Å². The summed E-state index contributed by atoms with van der Waals surface area (Å²) in [6, 6.07) is 9.73. The van der Waals surface area contributed by atoms with E-state index in [9.17, 15) is 4.79 Å². The fourth-order valence-corrected chi connectivity index (χ4v) is 2.29. The molecule has 0 saturated carbocycles. The highest BCUT2D eigenvalue weighted by atomic mass is 16.5. The zero-order chi connectivity index (χ0) is 12.6. The molecule has 1 aromatic carbocycles. The third-order valence-corrected chi connectivity index (χ3v) is 3.31. The highest BCUT2D eigenvalue weighted by molar-refractivity contribution is 5.72. The molecule has 0 atom stereocenters. The number of carbonyl (C=O) groups is 1. The maximum absolute atomic E-state index is 11.6. The lowest BCUT2D eigenvalue weighted by atomic mass is 10.1. The minimum Gasteiger partial charge on any atom is -0.464 e. The van der Waals surface area contributed by atoms with Crippen molar-refractivity contribution >= 4 is 5.97 Å². The molecule has 1 aromatic rings. The van der Waals surface area contributed by atoms with Crippen molar-refractivity contribution in [3.63, 3.8) is 0 Å². The lowest BCUT2D eigenvalue weighted by Crippen LogP contribution is -2.33. The zero-order valence-corrected chi connectivity index (χ0v) is 10.8. The van der Waals surface area contributed by atoms with E-state index in [1.807, 2.05) is 30.3 Å². The first-order chi connectivity index (χ1) is 8.84. The number of ether oxygens (including phenoxy) is 1. The van der Waals surface area contributed by atoms with Crippen molar-refractivity contribution in [2.75, 3.05) is 26.2 Å². The van der Waals surface area contributed by atoms with Gasteiger partial charge in [-0.3, -0.25) is 9.69 Å². The second-order valence-electron chi connectivity index (χ2n) is 4.79. The van der Waals surface area contributed by atoms with Crippen molar-refractivity contribution in [3.8, 4) is 0 Å². The second-order valence-corrected chi connectivity index (χ2v) is 4.79. The van der Waals surface area contributed by atoms with Gasteiger partial charge in [-0.05, 0) is 31.5 Å². The van der Waals surface area contributed by atoms with E-state index in [1.165, 1.54) is 19.3 Å². The minimum absolute atomic E-state index is 0.127. The van der Waals surface area contributed by atoms with Gasteiger partial charge in [0.25, 0.3) is 0 Å². The molecule has 0 N–H and O–H groups in total. The summed E-state index contributed by atoms with van der Waals surface area (Å²) in [5.41, 5.74) is 1.01. The van der Waals surface area contributed by atoms with Gasteiger partial charge in [-0.2, -0.15) is 0 Å². The van der Waals surface area contributed by atoms with Crippen molar-refractivity contribution in [1.82, 2.24) is 4.90 Å². The Labute approximate surface area is 109 Å². The Bertz CT molecular complexity index is 358. The molecule has 0 amide bonds. The van der Waals surface area contributed by atoms with Crippen LogP contribution in [0, 0.1) is 0 Å². The molecule has 1 aliphatic heterocycles. The van der Waals surface area contributed by atoms with Gasteiger partial charge in [0.1, 0.15) is 6.61 Å². The summed E-state index contributed by atoms with van der Waals surface area (Å²) < 4.78 is 5.27. The summed E-state index contributed by atoms with van der Waals surface area (Å²) >= 11 is 0. The lowest BCUT2D eigenvalue weighted by Gasteiger charge is -2.25. The van der Waals surface area contributed by atoms with Gasteiger partial charge in [0, 0.05) is 6.54 Å². The molecule has 0 radical (unpaired) electrons. The van der Waals surface area contributed by atoms with E-state index in [2.05, 4.69) is 4.90 Å². The monoisotopic (exact) mass is 247 g/mol. The normalized spacial score (nSPS) is 16.4. The van der Waals surface area contributed by atoms with Crippen molar-refractivity contribution in [1.29, 1.82) is 0 Å². The van der Waals surface area contributed by atoms with Crippen LogP contribution in [0.25, 0.3) is 0 Å². The number of hydrogen-bond acceptors (Lipinski definition) is 3. The van der Waals surface area contributed by atoms with Crippen LogP contribution in [0.5, 0.6) is 0 Å². The number of likely N-dealkylation sites (tertiary alicyclic amines) is 1. The molecule has 1 saturated heterocycles. The van der Waals surface area contributed by atoms with Gasteiger partial charge in [-0.25, -0.2) is 0 Å². The van der Waals surface area contributed by atoms with Crippen LogP contribution in [-0.2, 0) is 16.0 Å². The van der Waals surface area contributed by atoms with Crippen LogP contribution >= 0.6 is 0 Å². The predicted molar refractivity (Wildman–Crippen MR) is 71.4 cm³/mol. The molecule has 1 fully saturated rings. The summed E-state index contributed by atoms with van der Waals surface area (Å²) in [6.45, 7) is 3.69. The number of nitrogens with zero attached hydrogens (tertiary/aromatic N) is 1. The molecular weight excluding hydrogens is 226 g/mol. The number of carbonyl (C=O) groups excluding carboxylic acids is 1. The Kier molecular flexibility index (Phi) is 5.21. The Morgan fingerprint density at radius 3 is 2.56 bits per heavy atom. The van der Waals surface area contributed by atoms with E-state index in [0.29, 0.717) is 13.0 Å². The fourth-order valence-electron chi connectivity index (χ4n) is 2.29. The number of esters is 1. The summed E-state index contributed by atoms with van der Waals surface area (Å²) in [4.78, 5) is 14.0. The van der Waals surface area contributed by atoms with Crippen LogP contribution in [0.2, 0.25) is 0 Å². The minimum atomic E-state index is -0.127. The zero-order valence-electron chi connectivity index (χ0n) is 10.8. The van der Waals surface area contributed by atoms with Gasteiger partial charge in [-0.1, -0.05) is 36.8 Å². The third-order valence-electron chi connectivity index (χ3n) is 3.31. The van der Waals surface area contributed by atoms with Crippen molar-refractivity contribution in [3.05, 3.63) is 35.9 Å². The smallest absolute Gasteiger partial charge is 0.310 e. The first-order valence-corrected chi connectivity index (χ1v) is 6.76. The van der Waals surface area contributed by atoms with Crippen LogP contribution < -0.4 is 0 Å². The molecule has 0 spiro atoms. The van der Waals surface area contributed by atoms with Gasteiger partial charge < -0.3 is 4.74 Å². The number of piperidine rings is 1. The highest BCUT2D eigenvalue weighted by Crippen LogP contribution is 2.08. The maximum atomic E-state index is 11.6. The largest absolute Gasteiger partial charge is 0.464 e. The van der Waals surface area contributed by atoms with Crippen molar-refractivity contribution in [2.24, 2.45) is 0 Å². The fraction of sp³-hybridized carbons (Fsp3) is 0.533. The van der Waals surface area contributed by atoms with Crippen molar-refractivity contribution in [2.45, 2.75) is 25.7 Å². The summed E-state index contributed by atoms with van der Waals surface area (Å²) in [6.07, 6.45) is 4.26. The lowest BCUT2D eigenvalue weighted by molar-refractivity contribution is -0.143. The summed E-state index contributed by atoms with van der Waals surface area (Å²) in [7, 11) is 0. The van der Waals surface area contributed by atoms with E-state index in [0.717, 1.165) is 25.2 Å². The van der Waals surface area contributed by atoms with Gasteiger partial charge in [0.2, 0.25) is 0 Å². The van der Waals surface area contributed by atoms with E-state index < -0.39 is 0 Å². The molecule has 0 aliphatic carbocycles. The first kappa shape index (κ1) is 13.1. The van der Waals surface area contributed by atoms with Gasteiger partial charge in [0.15, 0.2) is 0 Å². The molecule has 1 heterocycles. The molecule has 98 valence electrons. The Balaban J connectivity index is 1.62. The maximum Gasteiger partial charge on any atom is 0.310 e. The van der Waals surface area contributed by atoms with Crippen LogP contribution in [0.3, 0.4) is 0 Å². The molecule has 0 unspecified atom stereocenters. The number of hydrogen-bond donors (Lipinski definition) is 0. The number of benzene rings is 1. The van der Waals surface area contributed by atoms with Gasteiger partial charge in [0.05, 0.1) is 6.42 Å². The SMILES string of the molecule is O=C(Cc1ccccc1)OCCN1CCCCC1. The van der Waals surface area contributed by atoms with Crippen LogP contribution in [0.15, 0.2) is 30.3 Å². The molecule has 18 heavy (non-hydrogen) atoms. The van der Waals surface area contributed by atoms with Crippen LogP contribution in [0.1, 0.15) is 24.8 Å². The Hall–Kier alpha value is -1.35. The van der Waals surface area contributed by atoms with Gasteiger partial charge in [-0.15, -0.1) is 0 Å². The molecule has 0 bridgehead atoms. The van der Waals surface area contributed by atoms with E-state index in [4.69, 9.17) is 4.74 Å². The molecule has 1 aliphatic rings. The summed E-state index contributed by atoms with van der Waals surface area (Å²) in [5, 5.41) is 0. The molecule has 3 nitrogen and oxygen atoms in total. The third kappa shape index (κ3) is 4.49. The molecule has 0 aromatic heterocycles. The highest BCUT2D eigenvalue weighted by Gasteiger charge is 2.10. The topological polar surface area (TPSA) is 29.5 Å². The van der Waals surface area contributed by atoms with Crippen LogP contribution in [-0.4, -0.2) is 37.1 Å². The molecule has 2 rings (SSSR count). The quantitative estimate of drug-likeness (QED) is 0.747.